The summed E-state index contributed by atoms with van der Waals surface area (Å²) < 4.78 is 0. The number of nitrogens with zero attached hydrogens (tertiary/aromatic N) is 1. The van der Waals surface area contributed by atoms with Crippen molar-refractivity contribution in [2.45, 2.75) is 31.4 Å². The van der Waals surface area contributed by atoms with E-state index in [0.717, 1.165) is 18.6 Å². The van der Waals surface area contributed by atoms with Crippen LogP contribution in [0.15, 0.2) is 0 Å². The maximum absolute atomic E-state index is 11.5. The summed E-state index contributed by atoms with van der Waals surface area (Å²) in [4.78, 5) is 23.9. The second-order valence-electron chi connectivity index (χ2n) is 3.74. The van der Waals surface area contributed by atoms with Crippen molar-refractivity contribution in [2.24, 2.45) is 0 Å². The summed E-state index contributed by atoms with van der Waals surface area (Å²) in [5.41, 5.74) is 0.668. The van der Waals surface area contributed by atoms with E-state index in [-0.39, 0.29) is 17.1 Å². The van der Waals surface area contributed by atoms with Gasteiger partial charge in [-0.15, -0.1) is 11.8 Å². The summed E-state index contributed by atoms with van der Waals surface area (Å²) in [5, 5.41) is 7.06. The second kappa shape index (κ2) is 5.30. The van der Waals surface area contributed by atoms with Crippen LogP contribution in [0.5, 0.6) is 0 Å². The van der Waals surface area contributed by atoms with Gasteiger partial charge in [-0.2, -0.15) is 0 Å². The summed E-state index contributed by atoms with van der Waals surface area (Å²) in [6, 6.07) is 0. The van der Waals surface area contributed by atoms with Crippen LogP contribution in [0.4, 0.5) is 0 Å². The molecule has 0 aromatic heterocycles. The van der Waals surface area contributed by atoms with Gasteiger partial charge in [-0.25, -0.2) is 0 Å². The standard InChI is InChI=1S/C10H16N2O2S/c1-7(11)4-3-5-15-8-6-9(13)12(2)10(8)14/h8,11H,3-6H2,1-2H3. The van der Waals surface area contributed by atoms with Crippen molar-refractivity contribution >= 4 is 29.3 Å². The molecule has 1 N–H and O–H groups in total. The first-order valence-electron chi connectivity index (χ1n) is 4.98. The van der Waals surface area contributed by atoms with E-state index in [4.69, 9.17) is 5.41 Å². The number of nitrogens with one attached hydrogen (secondary N) is 1. The molecule has 0 spiro atoms. The van der Waals surface area contributed by atoms with Gasteiger partial charge in [-0.1, -0.05) is 0 Å². The van der Waals surface area contributed by atoms with Crippen LogP contribution in [-0.2, 0) is 9.59 Å². The van der Waals surface area contributed by atoms with E-state index in [0.29, 0.717) is 12.1 Å². The molecule has 1 heterocycles. The third kappa shape index (κ3) is 3.34. The van der Waals surface area contributed by atoms with Crippen LogP contribution >= 0.6 is 11.8 Å². The molecule has 1 aliphatic rings. The number of carbonyl (C=O) groups excluding carboxylic acids is 2. The Bertz CT molecular complexity index is 291. The summed E-state index contributed by atoms with van der Waals surface area (Å²) in [5.74, 6) is 0.686. The molecule has 15 heavy (non-hydrogen) atoms. The fraction of sp³-hybridized carbons (Fsp3) is 0.700. The van der Waals surface area contributed by atoms with Crippen molar-refractivity contribution < 1.29 is 9.59 Å². The van der Waals surface area contributed by atoms with Gasteiger partial charge in [0.05, 0.1) is 5.25 Å². The molecule has 1 rings (SSSR count). The van der Waals surface area contributed by atoms with Gasteiger partial charge in [0.2, 0.25) is 11.8 Å². The van der Waals surface area contributed by atoms with Gasteiger partial charge < -0.3 is 5.41 Å². The van der Waals surface area contributed by atoms with Crippen molar-refractivity contribution in [1.29, 1.82) is 5.41 Å². The minimum Gasteiger partial charge on any atom is -0.310 e. The molecule has 0 aromatic carbocycles. The zero-order valence-electron chi connectivity index (χ0n) is 9.08. The highest BCUT2D eigenvalue weighted by Gasteiger charge is 2.35. The van der Waals surface area contributed by atoms with E-state index in [1.165, 1.54) is 23.7 Å². The Morgan fingerprint density at radius 3 is 2.73 bits per heavy atom. The molecule has 1 fully saturated rings. The Balaban J connectivity index is 2.26. The van der Waals surface area contributed by atoms with Gasteiger partial charge in [-0.05, 0) is 25.5 Å². The SMILES string of the molecule is CC(=N)CCCSC1CC(=O)N(C)C1=O. The van der Waals surface area contributed by atoms with Crippen LogP contribution in [0.1, 0.15) is 26.2 Å². The molecule has 1 atom stereocenters. The first-order chi connectivity index (χ1) is 7.02. The average molecular weight is 228 g/mol. The van der Waals surface area contributed by atoms with Crippen LogP contribution in [0, 0.1) is 5.41 Å². The van der Waals surface area contributed by atoms with Crippen LogP contribution in [0.25, 0.3) is 0 Å². The van der Waals surface area contributed by atoms with Gasteiger partial charge >= 0.3 is 0 Å². The van der Waals surface area contributed by atoms with Crippen LogP contribution in [0.3, 0.4) is 0 Å². The number of likely N-dealkylation sites (tertiary alicyclic amines) is 1. The zero-order valence-corrected chi connectivity index (χ0v) is 9.89. The molecule has 0 radical (unpaired) electrons. The van der Waals surface area contributed by atoms with Gasteiger partial charge in [0.15, 0.2) is 0 Å². The Kier molecular flexibility index (Phi) is 4.32. The third-order valence-electron chi connectivity index (χ3n) is 2.36. The maximum Gasteiger partial charge on any atom is 0.242 e. The molecule has 4 nitrogen and oxygen atoms in total. The van der Waals surface area contributed by atoms with E-state index in [1.54, 1.807) is 6.92 Å². The molecule has 0 aromatic rings. The lowest BCUT2D eigenvalue weighted by atomic mass is 10.2. The Morgan fingerprint density at radius 2 is 2.27 bits per heavy atom. The lowest BCUT2D eigenvalue weighted by Gasteiger charge is -2.07. The van der Waals surface area contributed by atoms with Crippen molar-refractivity contribution in [3.05, 3.63) is 0 Å². The zero-order chi connectivity index (χ0) is 11.4. The highest BCUT2D eigenvalue weighted by atomic mass is 32.2. The van der Waals surface area contributed by atoms with Gasteiger partial charge in [0, 0.05) is 19.2 Å². The fourth-order valence-corrected chi connectivity index (χ4v) is 2.57. The Hall–Kier alpha value is -0.840. The predicted octanol–water partition coefficient (Wildman–Crippen LogP) is 1.30. The molecule has 84 valence electrons. The highest BCUT2D eigenvalue weighted by Crippen LogP contribution is 2.24. The average Bonchev–Trinajstić information content (AvgIpc) is 2.41. The quantitative estimate of drug-likeness (QED) is 0.438. The van der Waals surface area contributed by atoms with E-state index in [2.05, 4.69) is 0 Å². The van der Waals surface area contributed by atoms with Crippen molar-refractivity contribution in [1.82, 2.24) is 4.90 Å². The van der Waals surface area contributed by atoms with E-state index >= 15 is 0 Å². The number of hydrogen-bond donors (Lipinski definition) is 1. The topological polar surface area (TPSA) is 61.2 Å². The fourth-order valence-electron chi connectivity index (χ4n) is 1.41. The molecule has 1 unspecified atom stereocenters. The molecule has 1 saturated heterocycles. The Morgan fingerprint density at radius 1 is 1.60 bits per heavy atom. The molecule has 2 amide bonds. The van der Waals surface area contributed by atoms with Crippen LogP contribution in [-0.4, -0.2) is 40.5 Å². The number of hydrogen-bond acceptors (Lipinski definition) is 4. The van der Waals surface area contributed by atoms with Crippen molar-refractivity contribution in [2.75, 3.05) is 12.8 Å². The van der Waals surface area contributed by atoms with Gasteiger partial charge in [-0.3, -0.25) is 14.5 Å². The number of rotatable bonds is 5. The molecule has 5 heteroatoms. The Labute approximate surface area is 93.9 Å². The van der Waals surface area contributed by atoms with Crippen LogP contribution < -0.4 is 0 Å². The number of amides is 2. The lowest BCUT2D eigenvalue weighted by Crippen LogP contribution is -2.26. The van der Waals surface area contributed by atoms with Gasteiger partial charge in [0.1, 0.15) is 0 Å². The first-order valence-corrected chi connectivity index (χ1v) is 6.03. The number of imide groups is 1. The third-order valence-corrected chi connectivity index (χ3v) is 3.65. The molecular formula is C10H16N2O2S. The van der Waals surface area contributed by atoms with E-state index in [9.17, 15) is 9.59 Å². The summed E-state index contributed by atoms with van der Waals surface area (Å²) >= 11 is 1.53. The molecule has 0 aliphatic carbocycles. The summed E-state index contributed by atoms with van der Waals surface area (Å²) in [6.45, 7) is 1.78. The number of thioether (sulfide) groups is 1. The van der Waals surface area contributed by atoms with Crippen molar-refractivity contribution in [3.8, 4) is 0 Å². The van der Waals surface area contributed by atoms with Crippen molar-refractivity contribution in [3.63, 3.8) is 0 Å². The maximum atomic E-state index is 11.5. The highest BCUT2D eigenvalue weighted by molar-refractivity contribution is 8.00. The first kappa shape index (κ1) is 12.2. The van der Waals surface area contributed by atoms with E-state index in [1.807, 2.05) is 0 Å². The largest absolute Gasteiger partial charge is 0.310 e. The smallest absolute Gasteiger partial charge is 0.242 e. The van der Waals surface area contributed by atoms with Gasteiger partial charge in [0.25, 0.3) is 0 Å². The van der Waals surface area contributed by atoms with E-state index < -0.39 is 0 Å². The monoisotopic (exact) mass is 228 g/mol. The number of carbonyl (C=O) groups is 2. The summed E-state index contributed by atoms with van der Waals surface area (Å²) in [7, 11) is 1.53. The predicted molar refractivity (Wildman–Crippen MR) is 61.3 cm³/mol. The molecule has 0 saturated carbocycles. The minimum atomic E-state index is -0.187. The minimum absolute atomic E-state index is 0.0726. The summed E-state index contributed by atoms with van der Waals surface area (Å²) in [6.07, 6.45) is 2.02. The lowest BCUT2D eigenvalue weighted by molar-refractivity contribution is -0.136. The molecule has 0 bridgehead atoms. The molecule has 1 aliphatic heterocycles. The second-order valence-corrected chi connectivity index (χ2v) is 5.05. The molecular weight excluding hydrogens is 212 g/mol. The van der Waals surface area contributed by atoms with Crippen LogP contribution in [0.2, 0.25) is 0 Å². The normalized spacial score (nSPS) is 21.2.